The van der Waals surface area contributed by atoms with E-state index in [-0.39, 0.29) is 24.2 Å². The van der Waals surface area contributed by atoms with E-state index in [1.807, 2.05) is 0 Å². The molecule has 0 aliphatic heterocycles. The first kappa shape index (κ1) is 20.3. The van der Waals surface area contributed by atoms with Gasteiger partial charge in [0.25, 0.3) is 0 Å². The molecule has 2 rings (SSSR count). The molecule has 0 atom stereocenters. The number of halogens is 1. The van der Waals surface area contributed by atoms with Crippen molar-refractivity contribution in [2.24, 2.45) is 0 Å². The maximum absolute atomic E-state index is 13.3. The molecule has 10 heteroatoms. The Labute approximate surface area is 160 Å². The zero-order chi connectivity index (χ0) is 20.0. The number of hydrogen-bond donors (Lipinski definition) is 2. The predicted molar refractivity (Wildman–Crippen MR) is 100 cm³/mol. The minimum Gasteiger partial charge on any atom is -0.460 e. The summed E-state index contributed by atoms with van der Waals surface area (Å²) in [5, 5.41) is 2.21. The summed E-state index contributed by atoms with van der Waals surface area (Å²) in [6, 6.07) is 5.64. The summed E-state index contributed by atoms with van der Waals surface area (Å²) in [5.74, 6) is -1.15. The predicted octanol–water partition coefficient (Wildman–Crippen LogP) is 2.75. The van der Waals surface area contributed by atoms with Gasteiger partial charge in [0.2, 0.25) is 5.82 Å². The van der Waals surface area contributed by atoms with Crippen LogP contribution in [0.15, 0.2) is 24.3 Å². The summed E-state index contributed by atoms with van der Waals surface area (Å²) in [6.07, 6.45) is -0.743. The van der Waals surface area contributed by atoms with Crippen LogP contribution in [0.2, 0.25) is 0 Å². The van der Waals surface area contributed by atoms with Crippen LogP contribution < -0.4 is 10.7 Å². The van der Waals surface area contributed by atoms with Crippen LogP contribution in [0.25, 0.3) is 11.3 Å². The number of carbonyl (C=O) groups is 2. The number of nitrogens with one attached hydrogen (secondary N) is 2. The van der Waals surface area contributed by atoms with Gasteiger partial charge in [-0.25, -0.2) is 23.6 Å². The fourth-order valence-electron chi connectivity index (χ4n) is 2.31. The Kier molecular flexibility index (Phi) is 6.83. The Bertz CT molecular complexity index is 851. The van der Waals surface area contributed by atoms with Gasteiger partial charge in [-0.05, 0) is 57.3 Å². The number of alkyl carbamates (subject to hydrolysis) is 1. The molecule has 0 aliphatic rings. The molecule has 0 unspecified atom stereocenters. The molecule has 2 N–H and O–H groups in total. The Morgan fingerprint density at radius 3 is 2.41 bits per heavy atom. The van der Waals surface area contributed by atoms with E-state index in [9.17, 15) is 14.0 Å². The van der Waals surface area contributed by atoms with Crippen LogP contribution in [-0.2, 0) is 9.47 Å². The largest absolute Gasteiger partial charge is 0.460 e. The summed E-state index contributed by atoms with van der Waals surface area (Å²) in [6.45, 7) is 5.33. The van der Waals surface area contributed by atoms with Crippen LogP contribution in [0.3, 0.4) is 0 Å². The molecule has 0 spiro atoms. The van der Waals surface area contributed by atoms with Crippen molar-refractivity contribution in [3.05, 3.63) is 41.6 Å². The Hall–Kier alpha value is -3.01. The van der Waals surface area contributed by atoms with Crippen molar-refractivity contribution in [2.45, 2.75) is 20.8 Å². The third-order valence-corrected chi connectivity index (χ3v) is 3.53. The normalized spacial score (nSPS) is 10.2. The van der Waals surface area contributed by atoms with Gasteiger partial charge in [-0.2, -0.15) is 0 Å². The molecule has 0 radical (unpaired) electrons. The zero-order valence-electron chi connectivity index (χ0n) is 15.0. The zero-order valence-corrected chi connectivity index (χ0v) is 15.9. The Balaban J connectivity index is 2.44. The van der Waals surface area contributed by atoms with Crippen molar-refractivity contribution < 1.29 is 23.5 Å². The second kappa shape index (κ2) is 9.08. The molecule has 0 fully saturated rings. The Morgan fingerprint density at radius 1 is 1.19 bits per heavy atom. The second-order valence-corrected chi connectivity index (χ2v) is 5.63. The van der Waals surface area contributed by atoms with Crippen LogP contribution in [-0.4, -0.2) is 40.0 Å². The number of rotatable bonds is 5. The molecule has 0 saturated heterocycles. The van der Waals surface area contributed by atoms with Crippen LogP contribution in [0, 0.1) is 12.7 Å². The average Bonchev–Trinajstić information content (AvgIpc) is 2.92. The minimum absolute atomic E-state index is 0.0679. The fourth-order valence-corrected chi connectivity index (χ4v) is 2.48. The van der Waals surface area contributed by atoms with Crippen LogP contribution in [0.1, 0.15) is 30.2 Å². The number of thiocarbonyl (C=S) groups is 1. The first-order valence-corrected chi connectivity index (χ1v) is 8.55. The van der Waals surface area contributed by atoms with Crippen molar-refractivity contribution in [3.63, 3.8) is 0 Å². The number of nitrogens with zero attached hydrogens (tertiary/aromatic N) is 2. The lowest BCUT2D eigenvalue weighted by atomic mass is 10.1. The van der Waals surface area contributed by atoms with Crippen molar-refractivity contribution >= 4 is 29.4 Å². The highest BCUT2D eigenvalue weighted by molar-refractivity contribution is 7.80. The standard InChI is InChI=1S/C17H19FN4O4S/c1-4-25-15(23)14-19-10(3)13(11-6-8-12(18)9-7-11)22(14)21-16(27)20-17(24)26-5-2/h6-9H,4-5H2,1-3H3,(H2,20,21,24,27). The average molecular weight is 394 g/mol. The number of benzene rings is 1. The third-order valence-electron chi connectivity index (χ3n) is 3.33. The quantitative estimate of drug-likeness (QED) is 0.595. The Morgan fingerprint density at radius 2 is 1.81 bits per heavy atom. The summed E-state index contributed by atoms with van der Waals surface area (Å²) in [4.78, 5) is 28.0. The van der Waals surface area contributed by atoms with E-state index in [2.05, 4.69) is 15.7 Å². The maximum atomic E-state index is 13.3. The van der Waals surface area contributed by atoms with Crippen molar-refractivity contribution in [3.8, 4) is 11.3 Å². The van der Waals surface area contributed by atoms with Crippen molar-refractivity contribution in [2.75, 3.05) is 18.6 Å². The number of carbonyl (C=O) groups excluding carboxylic acids is 2. The number of imidazole rings is 1. The first-order chi connectivity index (χ1) is 12.9. The third kappa shape index (κ3) is 5.00. The number of aromatic nitrogens is 2. The highest BCUT2D eigenvalue weighted by atomic mass is 32.1. The molecule has 0 aliphatic carbocycles. The van der Waals surface area contributed by atoms with Gasteiger partial charge in [0.1, 0.15) is 5.82 Å². The molecule has 144 valence electrons. The number of aryl methyl sites for hydroxylation is 1. The highest BCUT2D eigenvalue weighted by Crippen LogP contribution is 2.24. The molecule has 1 amide bonds. The van der Waals surface area contributed by atoms with E-state index in [1.165, 1.54) is 28.9 Å². The van der Waals surface area contributed by atoms with Gasteiger partial charge >= 0.3 is 12.1 Å². The lowest BCUT2D eigenvalue weighted by Crippen LogP contribution is -2.39. The van der Waals surface area contributed by atoms with Crippen molar-refractivity contribution in [1.29, 1.82) is 0 Å². The highest BCUT2D eigenvalue weighted by Gasteiger charge is 2.23. The fraction of sp³-hybridized carbons (Fsp3) is 0.294. The van der Waals surface area contributed by atoms with Gasteiger partial charge in [0, 0.05) is 5.56 Å². The lowest BCUT2D eigenvalue weighted by molar-refractivity contribution is 0.0509. The molecule has 1 heterocycles. The number of esters is 1. The molecular formula is C17H19FN4O4S. The van der Waals surface area contributed by atoms with E-state index in [1.54, 1.807) is 20.8 Å². The van der Waals surface area contributed by atoms with E-state index in [0.717, 1.165) is 0 Å². The summed E-state index contributed by atoms with van der Waals surface area (Å²) >= 11 is 5.09. The molecular weight excluding hydrogens is 375 g/mol. The van der Waals surface area contributed by atoms with E-state index >= 15 is 0 Å². The van der Waals surface area contributed by atoms with Crippen LogP contribution in [0.4, 0.5) is 9.18 Å². The number of amides is 1. The molecule has 8 nitrogen and oxygen atoms in total. The van der Waals surface area contributed by atoms with Gasteiger partial charge in [-0.15, -0.1) is 0 Å². The molecule has 0 saturated carbocycles. The van der Waals surface area contributed by atoms with E-state index in [0.29, 0.717) is 17.0 Å². The SMILES string of the molecule is CCOC(=O)NC(=S)Nn1c(C(=O)OCC)nc(C)c1-c1ccc(F)cc1. The smallest absolute Gasteiger partial charge is 0.413 e. The maximum Gasteiger partial charge on any atom is 0.413 e. The molecule has 27 heavy (non-hydrogen) atoms. The van der Waals surface area contributed by atoms with E-state index in [4.69, 9.17) is 21.7 Å². The number of ether oxygens (including phenoxy) is 2. The summed E-state index contributed by atoms with van der Waals surface area (Å²) in [7, 11) is 0. The van der Waals surface area contributed by atoms with E-state index < -0.39 is 17.9 Å². The van der Waals surface area contributed by atoms with Crippen LogP contribution in [0.5, 0.6) is 0 Å². The number of hydrogen-bond acceptors (Lipinski definition) is 6. The molecule has 1 aromatic carbocycles. The lowest BCUT2D eigenvalue weighted by Gasteiger charge is -2.15. The van der Waals surface area contributed by atoms with Crippen molar-refractivity contribution in [1.82, 2.24) is 15.0 Å². The van der Waals surface area contributed by atoms with Crippen LogP contribution >= 0.6 is 12.2 Å². The summed E-state index contributed by atoms with van der Waals surface area (Å²) < 4.78 is 24.3. The summed E-state index contributed by atoms with van der Waals surface area (Å²) in [5.41, 5.74) is 4.25. The van der Waals surface area contributed by atoms with Gasteiger partial charge in [0.05, 0.1) is 24.6 Å². The van der Waals surface area contributed by atoms with Gasteiger partial charge in [-0.3, -0.25) is 10.7 Å². The topological polar surface area (TPSA) is 94.5 Å². The molecule has 1 aromatic heterocycles. The van der Waals surface area contributed by atoms with Gasteiger partial charge < -0.3 is 9.47 Å². The van der Waals surface area contributed by atoms with Gasteiger partial charge in [-0.1, -0.05) is 0 Å². The molecule has 2 aromatic rings. The first-order valence-electron chi connectivity index (χ1n) is 8.14. The second-order valence-electron chi connectivity index (χ2n) is 5.22. The van der Waals surface area contributed by atoms with Gasteiger partial charge in [0.15, 0.2) is 5.11 Å². The monoisotopic (exact) mass is 394 g/mol. The minimum atomic E-state index is -0.743. The molecule has 0 bridgehead atoms.